The van der Waals surface area contributed by atoms with Crippen molar-refractivity contribution in [3.8, 4) is 0 Å². The smallest absolute Gasteiger partial charge is 0.229 e. The summed E-state index contributed by atoms with van der Waals surface area (Å²) in [6.07, 6.45) is 4.20. The van der Waals surface area contributed by atoms with Crippen LogP contribution in [-0.4, -0.2) is 34.7 Å². The molecule has 2 aromatic rings. The first kappa shape index (κ1) is 20.9. The second kappa shape index (κ2) is 9.01. The van der Waals surface area contributed by atoms with E-state index in [9.17, 15) is 9.59 Å². The molecule has 146 valence electrons. The van der Waals surface area contributed by atoms with Gasteiger partial charge in [0.2, 0.25) is 11.8 Å². The van der Waals surface area contributed by atoms with Gasteiger partial charge in [0.25, 0.3) is 0 Å². The molecule has 7 nitrogen and oxygen atoms in total. The van der Waals surface area contributed by atoms with Crippen LogP contribution >= 0.6 is 12.4 Å². The number of hydrogen-bond donors (Lipinski definition) is 3. The van der Waals surface area contributed by atoms with Gasteiger partial charge in [-0.15, -0.1) is 12.4 Å². The van der Waals surface area contributed by atoms with E-state index in [1.165, 1.54) is 0 Å². The molecular formula is C19H26ClN5O2. The van der Waals surface area contributed by atoms with Crippen LogP contribution in [0.2, 0.25) is 0 Å². The number of rotatable bonds is 5. The molecule has 0 aliphatic carbocycles. The van der Waals surface area contributed by atoms with Gasteiger partial charge in [0, 0.05) is 50.0 Å². The van der Waals surface area contributed by atoms with Crippen LogP contribution in [0.1, 0.15) is 30.4 Å². The fourth-order valence-electron chi connectivity index (χ4n) is 3.25. The number of carbonyl (C=O) groups is 2. The Hall–Kier alpha value is -2.38. The van der Waals surface area contributed by atoms with Crippen molar-refractivity contribution in [2.45, 2.75) is 26.2 Å². The molecule has 1 saturated heterocycles. The van der Waals surface area contributed by atoms with Crippen molar-refractivity contribution in [1.29, 1.82) is 0 Å². The standard InChI is InChI=1S/C19H25N5O2.ClH/c1-4-18(25)22-14-6-5-12(2)17(7-14)23-19(26)16-10-20-9-15(16)13-8-21-24(3)11-13;/h5-8,11,15-16,20H,4,9-10H2,1-3H3,(H,22,25)(H,23,26);1H/t15-,16+;/m1./s1. The number of benzene rings is 1. The first-order valence-corrected chi connectivity index (χ1v) is 8.88. The van der Waals surface area contributed by atoms with Crippen LogP contribution in [-0.2, 0) is 16.6 Å². The molecule has 0 saturated carbocycles. The Bertz CT molecular complexity index is 820. The average molecular weight is 392 g/mol. The lowest BCUT2D eigenvalue weighted by Crippen LogP contribution is -2.28. The van der Waals surface area contributed by atoms with E-state index >= 15 is 0 Å². The molecule has 1 aliphatic heterocycles. The van der Waals surface area contributed by atoms with Gasteiger partial charge in [0.05, 0.1) is 12.1 Å². The molecule has 0 unspecified atom stereocenters. The van der Waals surface area contributed by atoms with E-state index in [4.69, 9.17) is 0 Å². The van der Waals surface area contributed by atoms with E-state index in [2.05, 4.69) is 21.0 Å². The molecule has 1 aromatic heterocycles. The number of aromatic nitrogens is 2. The van der Waals surface area contributed by atoms with E-state index in [0.717, 1.165) is 23.4 Å². The zero-order valence-electron chi connectivity index (χ0n) is 15.8. The SMILES string of the molecule is CCC(=O)Nc1ccc(C)c(NC(=O)[C@H]2CNC[C@@H]2c2cnn(C)c2)c1.Cl. The van der Waals surface area contributed by atoms with E-state index < -0.39 is 0 Å². The number of anilines is 2. The third-order valence-corrected chi connectivity index (χ3v) is 4.80. The van der Waals surface area contributed by atoms with Crippen LogP contribution in [0.4, 0.5) is 11.4 Å². The molecular weight excluding hydrogens is 366 g/mol. The van der Waals surface area contributed by atoms with Crippen LogP contribution in [0.25, 0.3) is 0 Å². The highest BCUT2D eigenvalue weighted by Gasteiger charge is 2.34. The molecule has 1 aliphatic rings. The molecule has 27 heavy (non-hydrogen) atoms. The Morgan fingerprint density at radius 2 is 2.07 bits per heavy atom. The molecule has 8 heteroatoms. The van der Waals surface area contributed by atoms with Crippen LogP contribution in [0.3, 0.4) is 0 Å². The molecule has 1 fully saturated rings. The minimum absolute atomic E-state index is 0. The Labute approximate surface area is 165 Å². The van der Waals surface area contributed by atoms with Gasteiger partial charge in [-0.2, -0.15) is 5.10 Å². The van der Waals surface area contributed by atoms with Gasteiger partial charge >= 0.3 is 0 Å². The largest absolute Gasteiger partial charge is 0.326 e. The van der Waals surface area contributed by atoms with Gasteiger partial charge in [-0.25, -0.2) is 0 Å². The Morgan fingerprint density at radius 1 is 1.30 bits per heavy atom. The molecule has 0 radical (unpaired) electrons. The van der Waals surface area contributed by atoms with Crippen molar-refractivity contribution in [2.75, 3.05) is 23.7 Å². The van der Waals surface area contributed by atoms with Gasteiger partial charge in [0.15, 0.2) is 0 Å². The summed E-state index contributed by atoms with van der Waals surface area (Å²) >= 11 is 0. The normalized spacial score (nSPS) is 18.6. The van der Waals surface area contributed by atoms with Crippen molar-refractivity contribution in [1.82, 2.24) is 15.1 Å². The van der Waals surface area contributed by atoms with Crippen LogP contribution < -0.4 is 16.0 Å². The molecule has 0 spiro atoms. The summed E-state index contributed by atoms with van der Waals surface area (Å²) in [6, 6.07) is 5.54. The van der Waals surface area contributed by atoms with E-state index in [-0.39, 0.29) is 36.1 Å². The first-order chi connectivity index (χ1) is 12.5. The second-order valence-corrected chi connectivity index (χ2v) is 6.74. The summed E-state index contributed by atoms with van der Waals surface area (Å²) in [4.78, 5) is 24.5. The quantitative estimate of drug-likeness (QED) is 0.730. The number of hydrogen-bond acceptors (Lipinski definition) is 4. The summed E-state index contributed by atoms with van der Waals surface area (Å²) in [6.45, 7) is 5.14. The Balaban J connectivity index is 0.00000261. The van der Waals surface area contributed by atoms with Crippen LogP contribution in [0, 0.1) is 12.8 Å². The first-order valence-electron chi connectivity index (χ1n) is 8.88. The maximum atomic E-state index is 12.9. The number of carbonyl (C=O) groups excluding carboxylic acids is 2. The van der Waals surface area contributed by atoms with Gasteiger partial charge in [-0.05, 0) is 30.2 Å². The number of nitrogens with zero attached hydrogens (tertiary/aromatic N) is 2. The molecule has 2 atom stereocenters. The lowest BCUT2D eigenvalue weighted by molar-refractivity contribution is -0.119. The van der Waals surface area contributed by atoms with Crippen molar-refractivity contribution in [2.24, 2.45) is 13.0 Å². The van der Waals surface area contributed by atoms with Gasteiger partial charge < -0.3 is 16.0 Å². The van der Waals surface area contributed by atoms with Crippen molar-refractivity contribution >= 4 is 35.6 Å². The zero-order valence-corrected chi connectivity index (χ0v) is 16.6. The predicted octanol–water partition coefficient (Wildman–Crippen LogP) is 2.44. The number of aryl methyl sites for hydroxylation is 2. The van der Waals surface area contributed by atoms with Crippen LogP contribution in [0.15, 0.2) is 30.6 Å². The monoisotopic (exact) mass is 391 g/mol. The maximum Gasteiger partial charge on any atom is 0.229 e. The summed E-state index contributed by atoms with van der Waals surface area (Å²) in [5.41, 5.74) is 3.43. The molecule has 2 amide bonds. The topological polar surface area (TPSA) is 88.1 Å². The lowest BCUT2D eigenvalue weighted by Gasteiger charge is -2.18. The van der Waals surface area contributed by atoms with E-state index in [1.54, 1.807) is 11.6 Å². The minimum Gasteiger partial charge on any atom is -0.326 e. The number of halogens is 1. The second-order valence-electron chi connectivity index (χ2n) is 6.74. The summed E-state index contributed by atoms with van der Waals surface area (Å²) in [5.74, 6) is -0.131. The fourth-order valence-corrected chi connectivity index (χ4v) is 3.25. The van der Waals surface area contributed by atoms with Crippen LogP contribution in [0.5, 0.6) is 0 Å². The predicted molar refractivity (Wildman–Crippen MR) is 108 cm³/mol. The van der Waals surface area contributed by atoms with Crippen molar-refractivity contribution in [3.05, 3.63) is 41.7 Å². The van der Waals surface area contributed by atoms with E-state index in [0.29, 0.717) is 18.7 Å². The van der Waals surface area contributed by atoms with E-state index in [1.807, 2.05) is 44.6 Å². The van der Waals surface area contributed by atoms with Crippen molar-refractivity contribution in [3.63, 3.8) is 0 Å². The number of nitrogens with one attached hydrogen (secondary N) is 3. The van der Waals surface area contributed by atoms with Gasteiger partial charge in [-0.3, -0.25) is 14.3 Å². The molecule has 2 heterocycles. The van der Waals surface area contributed by atoms with Gasteiger partial charge in [0.1, 0.15) is 0 Å². The summed E-state index contributed by atoms with van der Waals surface area (Å²) < 4.78 is 1.76. The molecule has 1 aromatic carbocycles. The molecule has 0 bridgehead atoms. The Kier molecular flexibility index (Phi) is 6.98. The summed E-state index contributed by atoms with van der Waals surface area (Å²) in [5, 5.41) is 13.4. The average Bonchev–Trinajstić information content (AvgIpc) is 3.26. The fraction of sp³-hybridized carbons (Fsp3) is 0.421. The minimum atomic E-state index is -0.160. The molecule has 3 rings (SSSR count). The third kappa shape index (κ3) is 4.87. The highest BCUT2D eigenvalue weighted by molar-refractivity contribution is 5.96. The Morgan fingerprint density at radius 3 is 2.74 bits per heavy atom. The molecule has 3 N–H and O–H groups in total. The lowest BCUT2D eigenvalue weighted by atomic mass is 9.90. The number of amides is 2. The third-order valence-electron chi connectivity index (χ3n) is 4.80. The highest BCUT2D eigenvalue weighted by atomic mass is 35.5. The zero-order chi connectivity index (χ0) is 18.7. The summed E-state index contributed by atoms with van der Waals surface area (Å²) in [7, 11) is 1.88. The van der Waals surface area contributed by atoms with Crippen molar-refractivity contribution < 1.29 is 9.59 Å². The highest BCUT2D eigenvalue weighted by Crippen LogP contribution is 2.30. The van der Waals surface area contributed by atoms with Gasteiger partial charge in [-0.1, -0.05) is 13.0 Å². The maximum absolute atomic E-state index is 12.9.